The summed E-state index contributed by atoms with van der Waals surface area (Å²) in [5.41, 5.74) is 2.35. The average Bonchev–Trinajstić information content (AvgIpc) is 3.12. The van der Waals surface area contributed by atoms with Gasteiger partial charge < -0.3 is 15.0 Å². The number of ether oxygens (including phenoxy) is 1. The summed E-state index contributed by atoms with van der Waals surface area (Å²) in [5, 5.41) is 2.98. The first kappa shape index (κ1) is 21.0. The topological polar surface area (TPSA) is 80.2 Å². The lowest BCUT2D eigenvalue weighted by Gasteiger charge is -2.25. The van der Waals surface area contributed by atoms with Gasteiger partial charge in [0.1, 0.15) is 30.5 Å². The van der Waals surface area contributed by atoms with Crippen molar-refractivity contribution in [1.29, 1.82) is 0 Å². The lowest BCUT2D eigenvalue weighted by atomic mass is 10.1. The van der Waals surface area contributed by atoms with Crippen LogP contribution in [-0.2, 0) is 17.6 Å². The summed E-state index contributed by atoms with van der Waals surface area (Å²) in [4.78, 5) is 28.0. The van der Waals surface area contributed by atoms with Gasteiger partial charge in [-0.15, -0.1) is 0 Å². The van der Waals surface area contributed by atoms with Gasteiger partial charge in [0.25, 0.3) is 0 Å². The molecular formula is C21H28FN5O2. The molecule has 3 rings (SSSR count). The summed E-state index contributed by atoms with van der Waals surface area (Å²) < 4.78 is 17.8. The monoisotopic (exact) mass is 401 g/mol. The molecule has 0 bridgehead atoms. The number of aromatic nitrogens is 3. The summed E-state index contributed by atoms with van der Waals surface area (Å²) in [6.45, 7) is 5.50. The van der Waals surface area contributed by atoms with Crippen molar-refractivity contribution in [1.82, 2.24) is 20.3 Å². The summed E-state index contributed by atoms with van der Waals surface area (Å²) in [7, 11) is 1.86. The molecule has 0 aromatic carbocycles. The second-order valence-electron chi connectivity index (χ2n) is 8.22. The number of fused-ring (bicyclic) bond motifs is 1. The van der Waals surface area contributed by atoms with E-state index in [0.29, 0.717) is 17.3 Å². The number of pyridine rings is 1. The third-order valence-electron chi connectivity index (χ3n) is 4.47. The van der Waals surface area contributed by atoms with Gasteiger partial charge in [-0.2, -0.15) is 0 Å². The largest absolute Gasteiger partial charge is 0.491 e. The first-order chi connectivity index (χ1) is 13.8. The minimum absolute atomic E-state index is 0.00856. The van der Waals surface area contributed by atoms with Crippen LogP contribution in [0.1, 0.15) is 38.4 Å². The highest BCUT2D eigenvalue weighted by molar-refractivity contribution is 5.82. The highest BCUT2D eigenvalue weighted by Gasteiger charge is 2.24. The van der Waals surface area contributed by atoms with E-state index in [1.807, 2.05) is 32.7 Å². The third-order valence-corrected chi connectivity index (χ3v) is 4.47. The number of amides is 1. The standard InChI is InChI=1S/C21H28FN5O2/c1-21(2,3)26-18(28)13-27(4)20-15-6-5-7-16(15)24-19(25-20)17-12-14(8-10-23-17)29-11-9-22/h8,10,12H,5-7,9,11,13H2,1-4H3,(H,26,28). The van der Waals surface area contributed by atoms with Gasteiger partial charge in [-0.1, -0.05) is 0 Å². The maximum atomic E-state index is 12.4. The zero-order chi connectivity index (χ0) is 21.0. The summed E-state index contributed by atoms with van der Waals surface area (Å²) in [5.74, 6) is 1.70. The molecule has 2 aromatic heterocycles. The number of hydrogen-bond acceptors (Lipinski definition) is 6. The zero-order valence-corrected chi connectivity index (χ0v) is 17.5. The van der Waals surface area contributed by atoms with Crippen molar-refractivity contribution in [2.24, 2.45) is 0 Å². The molecule has 0 spiro atoms. The van der Waals surface area contributed by atoms with Gasteiger partial charge in [0.05, 0.1) is 6.54 Å². The predicted molar refractivity (Wildman–Crippen MR) is 110 cm³/mol. The van der Waals surface area contributed by atoms with Crippen molar-refractivity contribution in [3.05, 3.63) is 29.6 Å². The smallest absolute Gasteiger partial charge is 0.239 e. The second-order valence-corrected chi connectivity index (χ2v) is 8.22. The van der Waals surface area contributed by atoms with Gasteiger partial charge >= 0.3 is 0 Å². The van der Waals surface area contributed by atoms with Crippen LogP contribution in [0.25, 0.3) is 11.5 Å². The van der Waals surface area contributed by atoms with Crippen molar-refractivity contribution in [3.63, 3.8) is 0 Å². The maximum absolute atomic E-state index is 12.4. The highest BCUT2D eigenvalue weighted by Crippen LogP contribution is 2.31. The molecule has 8 heteroatoms. The summed E-state index contributed by atoms with van der Waals surface area (Å²) in [6.07, 6.45) is 4.37. The van der Waals surface area contributed by atoms with Crippen LogP contribution in [0.2, 0.25) is 0 Å². The van der Waals surface area contributed by atoms with Crippen LogP contribution in [0.4, 0.5) is 10.2 Å². The van der Waals surface area contributed by atoms with Crippen LogP contribution in [0.3, 0.4) is 0 Å². The van der Waals surface area contributed by atoms with E-state index in [0.717, 1.165) is 36.3 Å². The Morgan fingerprint density at radius 1 is 1.31 bits per heavy atom. The minimum Gasteiger partial charge on any atom is -0.491 e. The number of hydrogen-bond donors (Lipinski definition) is 1. The molecule has 1 N–H and O–H groups in total. The molecule has 7 nitrogen and oxygen atoms in total. The van der Waals surface area contributed by atoms with Crippen LogP contribution < -0.4 is 15.0 Å². The number of halogens is 1. The molecule has 1 aliphatic rings. The Balaban J connectivity index is 1.89. The van der Waals surface area contributed by atoms with Crippen LogP contribution in [0.5, 0.6) is 5.75 Å². The Bertz CT molecular complexity index is 882. The Kier molecular flexibility index (Phi) is 6.30. The van der Waals surface area contributed by atoms with E-state index in [1.54, 1.807) is 18.3 Å². The molecule has 0 aliphatic heterocycles. The minimum atomic E-state index is -0.557. The molecule has 0 fully saturated rings. The molecule has 2 heterocycles. The Labute approximate surface area is 170 Å². The molecule has 156 valence electrons. The van der Waals surface area contributed by atoms with E-state index >= 15 is 0 Å². The molecular weight excluding hydrogens is 373 g/mol. The average molecular weight is 401 g/mol. The number of alkyl halides is 1. The highest BCUT2D eigenvalue weighted by atomic mass is 19.1. The first-order valence-electron chi connectivity index (χ1n) is 9.84. The number of nitrogens with zero attached hydrogens (tertiary/aromatic N) is 4. The molecule has 2 aromatic rings. The van der Waals surface area contributed by atoms with Crippen molar-refractivity contribution < 1.29 is 13.9 Å². The maximum Gasteiger partial charge on any atom is 0.239 e. The molecule has 1 aliphatic carbocycles. The summed E-state index contributed by atoms with van der Waals surface area (Å²) in [6, 6.07) is 3.39. The fraction of sp³-hybridized carbons (Fsp3) is 0.524. The van der Waals surface area contributed by atoms with Crippen LogP contribution in [0.15, 0.2) is 18.3 Å². The molecule has 29 heavy (non-hydrogen) atoms. The first-order valence-corrected chi connectivity index (χ1v) is 9.84. The lowest BCUT2D eigenvalue weighted by molar-refractivity contribution is -0.121. The number of carbonyl (C=O) groups is 1. The van der Waals surface area contributed by atoms with E-state index < -0.39 is 6.67 Å². The van der Waals surface area contributed by atoms with Crippen molar-refractivity contribution >= 4 is 11.7 Å². The molecule has 1 amide bonds. The number of aryl methyl sites for hydroxylation is 1. The Morgan fingerprint density at radius 3 is 2.83 bits per heavy atom. The zero-order valence-electron chi connectivity index (χ0n) is 17.5. The van der Waals surface area contributed by atoms with E-state index in [2.05, 4.69) is 10.3 Å². The molecule has 0 unspecified atom stereocenters. The quantitative estimate of drug-likeness (QED) is 0.768. The molecule has 0 saturated carbocycles. The number of rotatable bonds is 7. The Morgan fingerprint density at radius 2 is 2.10 bits per heavy atom. The van der Waals surface area contributed by atoms with Crippen molar-refractivity contribution in [3.8, 4) is 17.3 Å². The van der Waals surface area contributed by atoms with E-state index in [9.17, 15) is 9.18 Å². The number of anilines is 1. The van der Waals surface area contributed by atoms with Gasteiger partial charge in [0.2, 0.25) is 5.91 Å². The number of nitrogens with one attached hydrogen (secondary N) is 1. The van der Waals surface area contributed by atoms with Crippen LogP contribution in [-0.4, -0.2) is 53.3 Å². The number of carbonyl (C=O) groups excluding carboxylic acids is 1. The van der Waals surface area contributed by atoms with E-state index in [-0.39, 0.29) is 24.6 Å². The van der Waals surface area contributed by atoms with Crippen molar-refractivity contribution in [2.75, 3.05) is 31.8 Å². The SMILES string of the molecule is CN(CC(=O)NC(C)(C)C)c1nc(-c2cc(OCCF)ccn2)nc2c1CCC2. The third kappa shape index (κ3) is 5.40. The summed E-state index contributed by atoms with van der Waals surface area (Å²) >= 11 is 0. The molecule has 0 radical (unpaired) electrons. The number of likely N-dealkylation sites (N-methyl/N-ethyl adjacent to an activating group) is 1. The second kappa shape index (κ2) is 8.71. The van der Waals surface area contributed by atoms with Crippen molar-refractivity contribution in [2.45, 2.75) is 45.6 Å². The van der Waals surface area contributed by atoms with Gasteiger partial charge in [0.15, 0.2) is 5.82 Å². The van der Waals surface area contributed by atoms with Crippen LogP contribution in [0, 0.1) is 0 Å². The van der Waals surface area contributed by atoms with Gasteiger partial charge in [-0.25, -0.2) is 14.4 Å². The van der Waals surface area contributed by atoms with Gasteiger partial charge in [0, 0.05) is 36.1 Å². The van der Waals surface area contributed by atoms with E-state index in [1.165, 1.54) is 0 Å². The Hall–Kier alpha value is -2.77. The van der Waals surface area contributed by atoms with Gasteiger partial charge in [-0.05, 0) is 46.1 Å². The van der Waals surface area contributed by atoms with Crippen LogP contribution >= 0.6 is 0 Å². The fourth-order valence-corrected chi connectivity index (χ4v) is 3.37. The normalized spacial score (nSPS) is 13.1. The molecule has 0 saturated heterocycles. The fourth-order valence-electron chi connectivity index (χ4n) is 3.37. The predicted octanol–water partition coefficient (Wildman–Crippen LogP) is 2.73. The molecule has 0 atom stereocenters. The van der Waals surface area contributed by atoms with Gasteiger partial charge in [-0.3, -0.25) is 9.78 Å². The van der Waals surface area contributed by atoms with E-state index in [4.69, 9.17) is 14.7 Å². The lowest BCUT2D eigenvalue weighted by Crippen LogP contribution is -2.45.